The van der Waals surface area contributed by atoms with Crippen molar-refractivity contribution in [3.63, 3.8) is 0 Å². The molecule has 0 saturated carbocycles. The van der Waals surface area contributed by atoms with Crippen LogP contribution in [0.2, 0.25) is 0 Å². The van der Waals surface area contributed by atoms with Gasteiger partial charge in [-0.2, -0.15) is 0 Å². The average molecular weight is 614 g/mol. The smallest absolute Gasteiger partial charge is 0.412 e. The fourth-order valence-electron chi connectivity index (χ4n) is 6.06. The first-order valence-corrected chi connectivity index (χ1v) is 15.7. The molecule has 0 aliphatic carbocycles. The third kappa shape index (κ3) is 8.61. The highest BCUT2D eigenvalue weighted by Crippen LogP contribution is 2.35. The standard InChI is InChI=1S/C35H43N5O5/c1-38(34(43)28-12-10-25(11-13-28)24-40-18-14-27(15-19-40)33(36)42)22-23-39-20-16-29(17-21-39)45-35(44)37-32-30(8-5-9-31(32)41)26-6-3-2-4-7-26/h2-13,27,29,41H,14-24H2,1H3,(H2,36,42)(H,37,44). The third-order valence-corrected chi connectivity index (χ3v) is 8.86. The van der Waals surface area contributed by atoms with E-state index in [9.17, 15) is 19.5 Å². The molecule has 2 saturated heterocycles. The first-order valence-electron chi connectivity index (χ1n) is 15.7. The van der Waals surface area contributed by atoms with Crippen LogP contribution >= 0.6 is 0 Å². The highest BCUT2D eigenvalue weighted by Gasteiger charge is 2.25. The average Bonchev–Trinajstić information content (AvgIpc) is 3.06. The molecule has 238 valence electrons. The first kappa shape index (κ1) is 32.0. The van der Waals surface area contributed by atoms with Gasteiger partial charge < -0.3 is 25.4 Å². The molecular weight excluding hydrogens is 570 g/mol. The second-order valence-corrected chi connectivity index (χ2v) is 12.0. The monoisotopic (exact) mass is 613 g/mol. The molecule has 0 unspecified atom stereocenters. The Labute approximate surface area is 264 Å². The van der Waals surface area contributed by atoms with Crippen molar-refractivity contribution in [3.8, 4) is 16.9 Å². The highest BCUT2D eigenvalue weighted by atomic mass is 16.6. The number of anilines is 1. The van der Waals surface area contributed by atoms with Crippen LogP contribution in [0.15, 0.2) is 72.8 Å². The van der Waals surface area contributed by atoms with Crippen molar-refractivity contribution in [2.45, 2.75) is 38.3 Å². The van der Waals surface area contributed by atoms with Gasteiger partial charge in [-0.25, -0.2) is 4.79 Å². The fourth-order valence-corrected chi connectivity index (χ4v) is 6.06. The number of phenolic OH excluding ortho intramolecular Hbond substituents is 1. The predicted molar refractivity (Wildman–Crippen MR) is 174 cm³/mol. The van der Waals surface area contributed by atoms with Gasteiger partial charge in [0.05, 0.1) is 5.69 Å². The van der Waals surface area contributed by atoms with Crippen molar-refractivity contribution in [2.75, 3.05) is 51.6 Å². The molecule has 2 aliphatic heterocycles. The van der Waals surface area contributed by atoms with Crippen LogP contribution in [0, 0.1) is 5.92 Å². The number of carbonyl (C=O) groups excluding carboxylic acids is 3. The summed E-state index contributed by atoms with van der Waals surface area (Å²) < 4.78 is 5.71. The molecule has 45 heavy (non-hydrogen) atoms. The van der Waals surface area contributed by atoms with Gasteiger partial charge in [0.1, 0.15) is 11.9 Å². The van der Waals surface area contributed by atoms with Crippen LogP contribution < -0.4 is 11.1 Å². The summed E-state index contributed by atoms with van der Waals surface area (Å²) >= 11 is 0. The van der Waals surface area contributed by atoms with E-state index < -0.39 is 6.09 Å². The zero-order valence-electron chi connectivity index (χ0n) is 25.9. The second kappa shape index (κ2) is 15.0. The number of benzene rings is 3. The van der Waals surface area contributed by atoms with E-state index in [-0.39, 0.29) is 29.6 Å². The number of piperidine rings is 2. The number of primary amides is 1. The summed E-state index contributed by atoms with van der Waals surface area (Å²) in [6, 6.07) is 22.5. The molecule has 2 heterocycles. The van der Waals surface area contributed by atoms with Gasteiger partial charge in [0.25, 0.3) is 5.91 Å². The number of aromatic hydroxyl groups is 1. The lowest BCUT2D eigenvalue weighted by molar-refractivity contribution is -0.123. The van der Waals surface area contributed by atoms with E-state index in [2.05, 4.69) is 15.1 Å². The Morgan fingerprint density at radius 1 is 0.889 bits per heavy atom. The minimum Gasteiger partial charge on any atom is -0.506 e. The SMILES string of the molecule is CN(CCN1CCC(OC(=O)Nc2c(O)cccc2-c2ccccc2)CC1)C(=O)c1ccc(CN2CCC(C(N)=O)CC2)cc1. The van der Waals surface area contributed by atoms with Gasteiger partial charge >= 0.3 is 6.09 Å². The van der Waals surface area contributed by atoms with Crippen LogP contribution in [0.1, 0.15) is 41.6 Å². The van der Waals surface area contributed by atoms with Crippen molar-refractivity contribution in [3.05, 3.63) is 83.9 Å². The molecule has 0 spiro atoms. The van der Waals surface area contributed by atoms with E-state index in [4.69, 9.17) is 10.5 Å². The third-order valence-electron chi connectivity index (χ3n) is 8.86. The Hall–Kier alpha value is -4.41. The molecule has 5 rings (SSSR count). The molecule has 10 heteroatoms. The summed E-state index contributed by atoms with van der Waals surface area (Å²) in [4.78, 5) is 43.6. The molecule has 2 fully saturated rings. The van der Waals surface area contributed by atoms with Gasteiger partial charge in [-0.3, -0.25) is 19.8 Å². The molecule has 3 amide bonds. The number of phenols is 1. The van der Waals surface area contributed by atoms with E-state index in [1.54, 1.807) is 11.0 Å². The van der Waals surface area contributed by atoms with Gasteiger partial charge in [0, 0.05) is 56.8 Å². The van der Waals surface area contributed by atoms with Crippen molar-refractivity contribution >= 4 is 23.6 Å². The minimum atomic E-state index is -0.587. The molecule has 0 aromatic heterocycles. The Morgan fingerprint density at radius 3 is 2.22 bits per heavy atom. The van der Waals surface area contributed by atoms with Crippen LogP contribution in [0.5, 0.6) is 5.75 Å². The number of para-hydroxylation sites is 1. The number of nitrogens with one attached hydrogen (secondary N) is 1. The Morgan fingerprint density at radius 2 is 1.56 bits per heavy atom. The van der Waals surface area contributed by atoms with Gasteiger partial charge in [-0.05, 0) is 68.1 Å². The van der Waals surface area contributed by atoms with Gasteiger partial charge in [0.2, 0.25) is 5.91 Å². The number of rotatable bonds is 10. The number of hydrogen-bond donors (Lipinski definition) is 3. The Kier molecular flexibility index (Phi) is 10.7. The maximum Gasteiger partial charge on any atom is 0.412 e. The number of likely N-dealkylation sites (N-methyl/N-ethyl adjacent to an activating group) is 1. The van der Waals surface area contributed by atoms with Gasteiger partial charge in [0.15, 0.2) is 0 Å². The lowest BCUT2D eigenvalue weighted by atomic mass is 9.96. The zero-order valence-corrected chi connectivity index (χ0v) is 25.9. The zero-order chi connectivity index (χ0) is 31.8. The molecule has 3 aromatic rings. The van der Waals surface area contributed by atoms with Crippen LogP contribution in [-0.2, 0) is 16.1 Å². The molecule has 0 bridgehead atoms. The Balaban J connectivity index is 1.03. The molecule has 0 atom stereocenters. The van der Waals surface area contributed by atoms with Crippen LogP contribution in [-0.4, -0.2) is 90.1 Å². The molecule has 2 aliphatic rings. The lowest BCUT2D eigenvalue weighted by Crippen LogP contribution is -2.42. The summed E-state index contributed by atoms with van der Waals surface area (Å²) in [6.07, 6.45) is 2.17. The van der Waals surface area contributed by atoms with Crippen LogP contribution in [0.4, 0.5) is 10.5 Å². The summed E-state index contributed by atoms with van der Waals surface area (Å²) in [6.45, 7) is 5.34. The largest absolute Gasteiger partial charge is 0.506 e. The summed E-state index contributed by atoms with van der Waals surface area (Å²) in [5.41, 5.74) is 9.17. The number of nitrogens with zero attached hydrogens (tertiary/aromatic N) is 3. The van der Waals surface area contributed by atoms with E-state index in [0.29, 0.717) is 30.6 Å². The summed E-state index contributed by atoms with van der Waals surface area (Å²) in [5, 5.41) is 13.2. The van der Waals surface area contributed by atoms with Crippen molar-refractivity contribution in [1.82, 2.24) is 14.7 Å². The number of amides is 3. The van der Waals surface area contributed by atoms with Gasteiger partial charge in [-0.1, -0.05) is 54.6 Å². The fraction of sp³-hybridized carbons (Fsp3) is 0.400. The number of hydrogen-bond acceptors (Lipinski definition) is 7. The molecule has 4 N–H and O–H groups in total. The summed E-state index contributed by atoms with van der Waals surface area (Å²) in [5.74, 6) is -0.258. The van der Waals surface area contributed by atoms with Crippen LogP contribution in [0.25, 0.3) is 11.1 Å². The maximum atomic E-state index is 13.1. The quantitative estimate of drug-likeness (QED) is 0.287. The lowest BCUT2D eigenvalue weighted by Gasteiger charge is -2.32. The van der Waals surface area contributed by atoms with E-state index in [1.807, 2.05) is 67.7 Å². The number of ether oxygens (including phenoxy) is 1. The summed E-state index contributed by atoms with van der Waals surface area (Å²) in [7, 11) is 1.82. The topological polar surface area (TPSA) is 128 Å². The predicted octanol–water partition coefficient (Wildman–Crippen LogP) is 4.54. The maximum absolute atomic E-state index is 13.1. The van der Waals surface area contributed by atoms with Crippen molar-refractivity contribution in [1.29, 1.82) is 0 Å². The van der Waals surface area contributed by atoms with E-state index in [0.717, 1.165) is 68.8 Å². The molecule has 0 radical (unpaired) electrons. The first-order chi connectivity index (χ1) is 21.8. The number of carbonyl (C=O) groups is 3. The molecular formula is C35H43N5O5. The van der Waals surface area contributed by atoms with Crippen molar-refractivity contribution < 1.29 is 24.2 Å². The molecule has 3 aromatic carbocycles. The number of likely N-dealkylation sites (tertiary alicyclic amines) is 2. The number of nitrogens with two attached hydrogens (primary N) is 1. The van der Waals surface area contributed by atoms with Crippen LogP contribution in [0.3, 0.4) is 0 Å². The molecule has 10 nitrogen and oxygen atoms in total. The second-order valence-electron chi connectivity index (χ2n) is 12.0. The Bertz CT molecular complexity index is 1450. The normalized spacial score (nSPS) is 16.6. The van der Waals surface area contributed by atoms with E-state index >= 15 is 0 Å². The minimum absolute atomic E-state index is 0.0160. The van der Waals surface area contributed by atoms with E-state index in [1.165, 1.54) is 6.07 Å². The highest BCUT2D eigenvalue weighted by molar-refractivity contribution is 5.95. The van der Waals surface area contributed by atoms with Gasteiger partial charge in [-0.15, -0.1) is 0 Å². The van der Waals surface area contributed by atoms with Crippen molar-refractivity contribution in [2.24, 2.45) is 11.7 Å².